The Labute approximate surface area is 256 Å². The minimum absolute atomic E-state index is 0.0592. The number of amides is 2. The Morgan fingerprint density at radius 2 is 1.77 bits per heavy atom. The predicted octanol–water partition coefficient (Wildman–Crippen LogP) is 4.04. The molecule has 1 aliphatic rings. The molecule has 0 radical (unpaired) electrons. The molecule has 11 heteroatoms. The highest BCUT2D eigenvalue weighted by Crippen LogP contribution is 2.28. The highest BCUT2D eigenvalue weighted by Gasteiger charge is 2.32. The number of aliphatic hydroxyl groups excluding tert-OH is 1. The molecular weight excluding hydrogens is 566 g/mol. The van der Waals surface area contributed by atoms with E-state index in [0.29, 0.717) is 49.4 Å². The first-order chi connectivity index (χ1) is 20.5. The van der Waals surface area contributed by atoms with Crippen LogP contribution in [0.1, 0.15) is 87.7 Å². The molecule has 5 N–H and O–H groups in total. The van der Waals surface area contributed by atoms with Crippen molar-refractivity contribution in [3.05, 3.63) is 53.9 Å². The Hall–Kier alpha value is -3.02. The SMILES string of the molecule is Cc1ccc(C(=O)N[C@@H](CC2CCCCC2)C(=O)NCCCC[C@@H](CO)N(CC(C)C)S(=O)(=O)c2ccc(N)cc2)cn1. The van der Waals surface area contributed by atoms with E-state index in [1.807, 2.05) is 20.8 Å². The van der Waals surface area contributed by atoms with Crippen molar-refractivity contribution in [2.75, 3.05) is 25.4 Å². The van der Waals surface area contributed by atoms with Crippen molar-refractivity contribution in [3.8, 4) is 0 Å². The highest BCUT2D eigenvalue weighted by atomic mass is 32.2. The number of rotatable bonds is 16. The van der Waals surface area contributed by atoms with E-state index in [1.165, 1.54) is 29.1 Å². The number of aromatic nitrogens is 1. The minimum atomic E-state index is -3.84. The van der Waals surface area contributed by atoms with Crippen molar-refractivity contribution in [2.45, 2.75) is 95.5 Å². The third-order valence-corrected chi connectivity index (χ3v) is 9.93. The zero-order chi connectivity index (χ0) is 31.4. The van der Waals surface area contributed by atoms with Crippen LogP contribution < -0.4 is 16.4 Å². The number of nitrogens with one attached hydrogen (secondary N) is 2. The maximum Gasteiger partial charge on any atom is 0.253 e. The second kappa shape index (κ2) is 16.7. The molecule has 1 aromatic carbocycles. The Kier molecular flexibility index (Phi) is 13.4. The molecule has 0 bridgehead atoms. The maximum absolute atomic E-state index is 13.5. The fourth-order valence-electron chi connectivity index (χ4n) is 5.58. The summed E-state index contributed by atoms with van der Waals surface area (Å²) in [6.45, 7) is 6.07. The Morgan fingerprint density at radius 1 is 1.07 bits per heavy atom. The number of aryl methyl sites for hydroxylation is 1. The molecule has 0 saturated heterocycles. The number of pyridine rings is 1. The first-order valence-corrected chi connectivity index (χ1v) is 16.9. The molecule has 3 rings (SSSR count). The Morgan fingerprint density at radius 3 is 2.37 bits per heavy atom. The van der Waals surface area contributed by atoms with Gasteiger partial charge in [-0.05, 0) is 74.4 Å². The van der Waals surface area contributed by atoms with Crippen molar-refractivity contribution in [1.82, 2.24) is 19.9 Å². The van der Waals surface area contributed by atoms with E-state index in [-0.39, 0.29) is 35.8 Å². The number of carbonyl (C=O) groups is 2. The molecule has 1 heterocycles. The number of hydrogen-bond acceptors (Lipinski definition) is 7. The third kappa shape index (κ3) is 10.6. The smallest absolute Gasteiger partial charge is 0.253 e. The van der Waals surface area contributed by atoms with E-state index >= 15 is 0 Å². The van der Waals surface area contributed by atoms with E-state index in [4.69, 9.17) is 5.73 Å². The van der Waals surface area contributed by atoms with E-state index < -0.39 is 22.1 Å². The fraction of sp³-hybridized carbons (Fsp3) is 0.594. The Balaban J connectivity index is 1.58. The van der Waals surface area contributed by atoms with E-state index in [1.54, 1.807) is 24.3 Å². The molecule has 1 saturated carbocycles. The summed E-state index contributed by atoms with van der Waals surface area (Å²) in [5.41, 5.74) is 7.45. The van der Waals surface area contributed by atoms with Gasteiger partial charge in [0.2, 0.25) is 15.9 Å². The van der Waals surface area contributed by atoms with E-state index in [0.717, 1.165) is 31.4 Å². The van der Waals surface area contributed by atoms with Crippen molar-refractivity contribution in [2.24, 2.45) is 11.8 Å². The summed E-state index contributed by atoms with van der Waals surface area (Å²) in [6.07, 6.45) is 9.36. The second-order valence-corrected chi connectivity index (χ2v) is 14.0. The molecule has 0 unspecified atom stereocenters. The molecular formula is C32H49N5O5S. The number of aliphatic hydroxyl groups is 1. The van der Waals surface area contributed by atoms with Crippen LogP contribution >= 0.6 is 0 Å². The number of hydrogen-bond donors (Lipinski definition) is 4. The number of nitrogens with two attached hydrogens (primary N) is 1. The maximum atomic E-state index is 13.5. The van der Waals surface area contributed by atoms with Crippen LogP contribution in [0.15, 0.2) is 47.5 Å². The standard InChI is InChI=1S/C32H49N5O5S/c1-23(2)21-37(43(41,42)29-16-14-27(33)15-17-29)28(22-38)11-7-8-18-34-32(40)30(19-25-9-5-4-6-10-25)36-31(39)26-13-12-24(3)35-20-26/h12-17,20,23,25,28,30,38H,4-11,18-19,21-22,33H2,1-3H3,(H,34,40)(H,36,39)/t28-,30-/m0/s1. The van der Waals surface area contributed by atoms with Crippen LogP contribution in [0.4, 0.5) is 5.69 Å². The molecule has 238 valence electrons. The molecule has 1 fully saturated rings. The fourth-order valence-corrected chi connectivity index (χ4v) is 7.39. The number of nitrogens with zero attached hydrogens (tertiary/aromatic N) is 2. The summed E-state index contributed by atoms with van der Waals surface area (Å²) in [4.78, 5) is 30.5. The molecule has 10 nitrogen and oxygen atoms in total. The second-order valence-electron chi connectivity index (χ2n) is 12.1. The van der Waals surface area contributed by atoms with Gasteiger partial charge in [-0.25, -0.2) is 8.42 Å². The van der Waals surface area contributed by atoms with Crippen LogP contribution in [0.25, 0.3) is 0 Å². The topological polar surface area (TPSA) is 155 Å². The van der Waals surface area contributed by atoms with Crippen LogP contribution in [0.5, 0.6) is 0 Å². The molecule has 2 atom stereocenters. The van der Waals surface area contributed by atoms with Gasteiger partial charge < -0.3 is 21.5 Å². The van der Waals surface area contributed by atoms with Gasteiger partial charge >= 0.3 is 0 Å². The normalized spacial score (nSPS) is 15.8. The van der Waals surface area contributed by atoms with Gasteiger partial charge in [0.1, 0.15) is 6.04 Å². The van der Waals surface area contributed by atoms with Crippen molar-refractivity contribution >= 4 is 27.5 Å². The van der Waals surface area contributed by atoms with Crippen LogP contribution in [0.3, 0.4) is 0 Å². The summed E-state index contributed by atoms with van der Waals surface area (Å²) in [5.74, 6) is -0.0861. The number of anilines is 1. The summed E-state index contributed by atoms with van der Waals surface area (Å²) in [7, 11) is -3.84. The molecule has 43 heavy (non-hydrogen) atoms. The summed E-state index contributed by atoms with van der Waals surface area (Å²) < 4.78 is 28.4. The van der Waals surface area contributed by atoms with Crippen molar-refractivity contribution in [1.29, 1.82) is 0 Å². The molecule has 1 aliphatic carbocycles. The zero-order valence-corrected chi connectivity index (χ0v) is 26.6. The van der Waals surface area contributed by atoms with Gasteiger partial charge in [0.15, 0.2) is 0 Å². The van der Waals surface area contributed by atoms with E-state index in [2.05, 4.69) is 15.6 Å². The quantitative estimate of drug-likeness (QED) is 0.164. The van der Waals surface area contributed by atoms with Gasteiger partial charge in [-0.2, -0.15) is 4.31 Å². The number of unbranched alkanes of at least 4 members (excludes halogenated alkanes) is 1. The predicted molar refractivity (Wildman–Crippen MR) is 169 cm³/mol. The average molecular weight is 616 g/mol. The average Bonchev–Trinajstić information content (AvgIpc) is 2.98. The Bertz CT molecular complexity index is 1260. The summed E-state index contributed by atoms with van der Waals surface area (Å²) in [5, 5.41) is 16.1. The number of carbonyl (C=O) groups excluding carboxylic acids is 2. The van der Waals surface area contributed by atoms with Crippen LogP contribution in [-0.2, 0) is 14.8 Å². The molecule has 1 aromatic heterocycles. The monoisotopic (exact) mass is 615 g/mol. The molecule has 2 amide bonds. The first kappa shape index (κ1) is 34.5. The van der Waals surface area contributed by atoms with Crippen molar-refractivity contribution in [3.63, 3.8) is 0 Å². The number of sulfonamides is 1. The largest absolute Gasteiger partial charge is 0.399 e. The van der Waals surface area contributed by atoms with Gasteiger partial charge in [-0.1, -0.05) is 52.4 Å². The molecule has 0 spiro atoms. The zero-order valence-electron chi connectivity index (χ0n) is 25.8. The lowest BCUT2D eigenvalue weighted by Gasteiger charge is -2.31. The van der Waals surface area contributed by atoms with Gasteiger partial charge in [0.05, 0.1) is 17.1 Å². The van der Waals surface area contributed by atoms with Crippen LogP contribution in [0, 0.1) is 18.8 Å². The lowest BCUT2D eigenvalue weighted by atomic mass is 9.84. The minimum Gasteiger partial charge on any atom is -0.399 e. The lowest BCUT2D eigenvalue weighted by Crippen LogP contribution is -2.48. The first-order valence-electron chi connectivity index (χ1n) is 15.5. The number of benzene rings is 1. The third-order valence-electron chi connectivity index (χ3n) is 8.00. The summed E-state index contributed by atoms with van der Waals surface area (Å²) >= 11 is 0. The summed E-state index contributed by atoms with van der Waals surface area (Å²) in [6, 6.07) is 8.32. The van der Waals surface area contributed by atoms with Gasteiger partial charge in [0, 0.05) is 36.7 Å². The van der Waals surface area contributed by atoms with Gasteiger partial charge in [-0.15, -0.1) is 0 Å². The lowest BCUT2D eigenvalue weighted by molar-refractivity contribution is -0.123. The number of nitrogen functional groups attached to an aromatic ring is 1. The molecule has 2 aromatic rings. The van der Waals surface area contributed by atoms with Crippen LogP contribution in [0.2, 0.25) is 0 Å². The molecule has 0 aliphatic heterocycles. The van der Waals surface area contributed by atoms with Crippen molar-refractivity contribution < 1.29 is 23.1 Å². The highest BCUT2D eigenvalue weighted by molar-refractivity contribution is 7.89. The van der Waals surface area contributed by atoms with E-state index in [9.17, 15) is 23.1 Å². The van der Waals surface area contributed by atoms with Gasteiger partial charge in [0.25, 0.3) is 5.91 Å². The van der Waals surface area contributed by atoms with Crippen LogP contribution in [-0.4, -0.2) is 66.4 Å². The van der Waals surface area contributed by atoms with Gasteiger partial charge in [-0.3, -0.25) is 14.6 Å².